The van der Waals surface area contributed by atoms with Gasteiger partial charge in [0, 0.05) is 0 Å². The van der Waals surface area contributed by atoms with Crippen LogP contribution in [0.15, 0.2) is 12.3 Å². The van der Waals surface area contributed by atoms with E-state index in [9.17, 15) is 9.59 Å². The first-order chi connectivity index (χ1) is 5.11. The first-order valence-corrected chi connectivity index (χ1v) is 2.79. The summed E-state index contributed by atoms with van der Waals surface area (Å²) in [5.74, 6) is -0.625. The second kappa shape index (κ2) is 4.45. The van der Waals surface area contributed by atoms with Crippen LogP contribution in [0.5, 0.6) is 0 Å². The zero-order chi connectivity index (χ0) is 8.85. The van der Waals surface area contributed by atoms with E-state index in [0.29, 0.717) is 5.70 Å². The SMILES string of the molecule is C=C1NC1=O.COC(=O)CO. The molecule has 1 saturated heterocycles. The molecule has 1 amide bonds. The standard InChI is InChI=1S/C3H3NO.C3H6O3/c1-2-3(5)4-2;1-6-3(5)2-4/h1H2,(H,4,5);4H,2H2,1H3. The molecule has 11 heavy (non-hydrogen) atoms. The van der Waals surface area contributed by atoms with Crippen LogP contribution in [0.4, 0.5) is 0 Å². The maximum atomic E-state index is 9.71. The van der Waals surface area contributed by atoms with Crippen molar-refractivity contribution < 1.29 is 19.4 Å². The maximum Gasteiger partial charge on any atom is 0.331 e. The summed E-state index contributed by atoms with van der Waals surface area (Å²) >= 11 is 0. The second-order valence-corrected chi connectivity index (χ2v) is 1.67. The molecule has 62 valence electrons. The number of rotatable bonds is 1. The number of nitrogens with one attached hydrogen (secondary N) is 1. The highest BCUT2D eigenvalue weighted by Crippen LogP contribution is 1.96. The Morgan fingerprint density at radius 1 is 1.82 bits per heavy atom. The van der Waals surface area contributed by atoms with Crippen molar-refractivity contribution in [1.82, 2.24) is 5.32 Å². The molecule has 0 bridgehead atoms. The number of carbonyl (C=O) groups excluding carboxylic acids is 2. The van der Waals surface area contributed by atoms with E-state index in [0.717, 1.165) is 0 Å². The first kappa shape index (κ1) is 9.64. The van der Waals surface area contributed by atoms with Gasteiger partial charge < -0.3 is 15.2 Å². The Balaban J connectivity index is 0.000000183. The number of hydrogen-bond donors (Lipinski definition) is 2. The number of aliphatic hydroxyl groups is 1. The van der Waals surface area contributed by atoms with E-state index in [1.807, 2.05) is 0 Å². The van der Waals surface area contributed by atoms with Gasteiger partial charge in [0.25, 0.3) is 5.91 Å². The molecule has 0 saturated carbocycles. The molecule has 0 unspecified atom stereocenters. The minimum Gasteiger partial charge on any atom is -0.467 e. The van der Waals surface area contributed by atoms with E-state index in [2.05, 4.69) is 16.6 Å². The second-order valence-electron chi connectivity index (χ2n) is 1.67. The van der Waals surface area contributed by atoms with Crippen LogP contribution in [-0.2, 0) is 14.3 Å². The third-order valence-electron chi connectivity index (χ3n) is 0.833. The van der Waals surface area contributed by atoms with Crippen molar-refractivity contribution in [2.24, 2.45) is 0 Å². The number of ether oxygens (including phenoxy) is 1. The Morgan fingerprint density at radius 3 is 2.18 bits per heavy atom. The Morgan fingerprint density at radius 2 is 2.18 bits per heavy atom. The molecule has 5 heteroatoms. The molecule has 0 aromatic heterocycles. The van der Waals surface area contributed by atoms with Crippen LogP contribution in [0.3, 0.4) is 0 Å². The number of methoxy groups -OCH3 is 1. The van der Waals surface area contributed by atoms with E-state index in [4.69, 9.17) is 5.11 Å². The lowest BCUT2D eigenvalue weighted by Gasteiger charge is -1.86. The van der Waals surface area contributed by atoms with Crippen LogP contribution >= 0.6 is 0 Å². The molecule has 0 atom stereocenters. The molecule has 2 N–H and O–H groups in total. The normalized spacial score (nSPS) is 12.5. The number of carbonyl (C=O) groups is 2. The molecule has 1 aliphatic rings. The molecule has 5 nitrogen and oxygen atoms in total. The monoisotopic (exact) mass is 159 g/mol. The van der Waals surface area contributed by atoms with E-state index in [-0.39, 0.29) is 5.91 Å². The van der Waals surface area contributed by atoms with Crippen LogP contribution in [0.1, 0.15) is 0 Å². The molecule has 0 spiro atoms. The highest BCUT2D eigenvalue weighted by atomic mass is 16.5. The molecule has 0 aromatic carbocycles. The van der Waals surface area contributed by atoms with Gasteiger partial charge in [0.05, 0.1) is 12.8 Å². The lowest BCUT2D eigenvalue weighted by atomic mass is 10.7. The van der Waals surface area contributed by atoms with Crippen molar-refractivity contribution >= 4 is 11.9 Å². The quantitative estimate of drug-likeness (QED) is 0.285. The summed E-state index contributed by atoms with van der Waals surface area (Å²) in [5, 5.41) is 10.2. The van der Waals surface area contributed by atoms with Crippen LogP contribution in [-0.4, -0.2) is 30.7 Å². The van der Waals surface area contributed by atoms with Crippen molar-refractivity contribution in [2.75, 3.05) is 13.7 Å². The number of hydrogen-bond acceptors (Lipinski definition) is 4. The average molecular weight is 159 g/mol. The summed E-state index contributed by atoms with van der Waals surface area (Å²) in [7, 11) is 1.22. The molecule has 1 fully saturated rings. The molecule has 1 aliphatic heterocycles. The van der Waals surface area contributed by atoms with Crippen molar-refractivity contribution in [3.05, 3.63) is 12.3 Å². The highest BCUT2D eigenvalue weighted by molar-refractivity contribution is 6.09. The van der Waals surface area contributed by atoms with Gasteiger partial charge in [-0.15, -0.1) is 0 Å². The van der Waals surface area contributed by atoms with Gasteiger partial charge >= 0.3 is 5.97 Å². The Hall–Kier alpha value is -1.36. The van der Waals surface area contributed by atoms with Gasteiger partial charge in [0.2, 0.25) is 0 Å². The lowest BCUT2D eigenvalue weighted by Crippen LogP contribution is -2.04. The van der Waals surface area contributed by atoms with Crippen LogP contribution in [0.2, 0.25) is 0 Å². The Kier molecular flexibility index (Phi) is 3.90. The molecule has 1 heterocycles. The minimum absolute atomic E-state index is 0.0231. The molecule has 1 rings (SSSR count). The molecular weight excluding hydrogens is 150 g/mol. The largest absolute Gasteiger partial charge is 0.467 e. The van der Waals surface area contributed by atoms with Gasteiger partial charge in [-0.2, -0.15) is 0 Å². The third-order valence-corrected chi connectivity index (χ3v) is 0.833. The number of amides is 1. The summed E-state index contributed by atoms with van der Waals surface area (Å²) < 4.78 is 4.01. The van der Waals surface area contributed by atoms with Crippen molar-refractivity contribution in [3.63, 3.8) is 0 Å². The summed E-state index contributed by atoms with van der Waals surface area (Å²) in [5.41, 5.74) is 0.532. The van der Waals surface area contributed by atoms with Gasteiger partial charge in [0.1, 0.15) is 6.61 Å². The zero-order valence-corrected chi connectivity index (χ0v) is 6.09. The Bertz CT molecular complexity index is 169. The zero-order valence-electron chi connectivity index (χ0n) is 6.09. The number of aliphatic hydroxyl groups excluding tert-OH is 1. The van der Waals surface area contributed by atoms with Crippen molar-refractivity contribution in [3.8, 4) is 0 Å². The third kappa shape index (κ3) is 5.10. The predicted molar refractivity (Wildman–Crippen MR) is 36.4 cm³/mol. The summed E-state index contributed by atoms with van der Waals surface area (Å²) in [6.45, 7) is 2.76. The van der Waals surface area contributed by atoms with Crippen LogP contribution in [0.25, 0.3) is 0 Å². The molecule has 0 aliphatic carbocycles. The first-order valence-electron chi connectivity index (χ1n) is 2.79. The lowest BCUT2D eigenvalue weighted by molar-refractivity contribution is -0.143. The van der Waals surface area contributed by atoms with Crippen LogP contribution < -0.4 is 5.32 Å². The summed E-state index contributed by atoms with van der Waals surface area (Å²) in [6.07, 6.45) is 0. The fraction of sp³-hybridized carbons (Fsp3) is 0.333. The van der Waals surface area contributed by atoms with Gasteiger partial charge in [0.15, 0.2) is 0 Å². The van der Waals surface area contributed by atoms with E-state index in [1.165, 1.54) is 7.11 Å². The highest BCUT2D eigenvalue weighted by Gasteiger charge is 2.20. The fourth-order valence-corrected chi connectivity index (χ4v) is 0.170. The topological polar surface area (TPSA) is 85.5 Å². The predicted octanol–water partition coefficient (Wildman–Crippen LogP) is -1.22. The van der Waals surface area contributed by atoms with Gasteiger partial charge in [-0.1, -0.05) is 6.58 Å². The van der Waals surface area contributed by atoms with Crippen LogP contribution in [0, 0.1) is 0 Å². The molecule has 0 radical (unpaired) electrons. The van der Waals surface area contributed by atoms with Crippen molar-refractivity contribution in [2.45, 2.75) is 0 Å². The van der Waals surface area contributed by atoms with Crippen molar-refractivity contribution in [1.29, 1.82) is 0 Å². The average Bonchev–Trinajstić information content (AvgIpc) is 2.64. The molecular formula is C6H9NO4. The molecule has 0 aromatic rings. The minimum atomic E-state index is -0.602. The van der Waals surface area contributed by atoms with Gasteiger partial charge in [-0.3, -0.25) is 4.79 Å². The van der Waals surface area contributed by atoms with E-state index < -0.39 is 12.6 Å². The van der Waals surface area contributed by atoms with E-state index in [1.54, 1.807) is 0 Å². The fourth-order valence-electron chi connectivity index (χ4n) is 0.170. The maximum absolute atomic E-state index is 9.71. The number of esters is 1. The van der Waals surface area contributed by atoms with Gasteiger partial charge in [-0.25, -0.2) is 4.79 Å². The Labute approximate surface area is 63.7 Å². The van der Waals surface area contributed by atoms with Gasteiger partial charge in [-0.05, 0) is 0 Å². The van der Waals surface area contributed by atoms with E-state index >= 15 is 0 Å². The summed E-state index contributed by atoms with van der Waals surface area (Å²) in [4.78, 5) is 19.4. The smallest absolute Gasteiger partial charge is 0.331 e. The summed E-state index contributed by atoms with van der Waals surface area (Å²) in [6, 6.07) is 0.